The number of alkyl halides is 3. The van der Waals surface area contributed by atoms with Gasteiger partial charge in [0.25, 0.3) is 5.56 Å². The number of hydrogen-bond donors (Lipinski definition) is 1. The number of aromatic amines is 1. The molecule has 2 heterocycles. The Hall–Kier alpha value is -2.84. The monoisotopic (exact) mass is 310 g/mol. The van der Waals surface area contributed by atoms with Gasteiger partial charge in [-0.25, -0.2) is 9.97 Å². The number of ether oxygens (including phenoxy) is 1. The Morgan fingerprint density at radius 3 is 2.55 bits per heavy atom. The predicted molar refractivity (Wildman–Crippen MR) is 70.9 cm³/mol. The summed E-state index contributed by atoms with van der Waals surface area (Å²) < 4.78 is 41.5. The molecule has 0 aliphatic rings. The van der Waals surface area contributed by atoms with Gasteiger partial charge in [-0.1, -0.05) is 0 Å². The van der Waals surface area contributed by atoms with Gasteiger partial charge in [-0.3, -0.25) is 9.36 Å². The summed E-state index contributed by atoms with van der Waals surface area (Å²) in [7, 11) is 0. The molecule has 6 nitrogen and oxygen atoms in total. The molecule has 0 radical (unpaired) electrons. The molecule has 0 aliphatic heterocycles. The van der Waals surface area contributed by atoms with E-state index in [0.29, 0.717) is 17.2 Å². The van der Waals surface area contributed by atoms with Gasteiger partial charge in [0.15, 0.2) is 11.2 Å². The molecule has 3 aromatic rings. The van der Waals surface area contributed by atoms with Crippen molar-refractivity contribution in [1.29, 1.82) is 0 Å². The van der Waals surface area contributed by atoms with Gasteiger partial charge < -0.3 is 9.72 Å². The Kier molecular flexibility index (Phi) is 3.12. The van der Waals surface area contributed by atoms with E-state index in [0.717, 1.165) is 12.1 Å². The Labute approximate surface area is 121 Å². The second-order valence-electron chi connectivity index (χ2n) is 4.44. The van der Waals surface area contributed by atoms with Crippen molar-refractivity contribution < 1.29 is 17.9 Å². The fraction of sp³-hybridized carbons (Fsp3) is 0.154. The van der Waals surface area contributed by atoms with Crippen LogP contribution in [0.15, 0.2) is 35.4 Å². The van der Waals surface area contributed by atoms with Crippen molar-refractivity contribution in [1.82, 2.24) is 19.5 Å². The molecule has 0 bridgehead atoms. The standard InChI is InChI=1S/C13H9F3N4O2/c1-7-19-11-10(17-6-18-11)12(21)20(7)8-2-4-9(5-3-8)22-13(14,15)16/h2-6H,1H3,(H,17,18). The Morgan fingerprint density at radius 2 is 1.91 bits per heavy atom. The zero-order valence-corrected chi connectivity index (χ0v) is 11.2. The average Bonchev–Trinajstić information content (AvgIpc) is 2.87. The number of aryl methyl sites for hydroxylation is 1. The van der Waals surface area contributed by atoms with Crippen LogP contribution < -0.4 is 10.3 Å². The van der Waals surface area contributed by atoms with Crippen molar-refractivity contribution in [2.24, 2.45) is 0 Å². The van der Waals surface area contributed by atoms with Gasteiger partial charge in [-0.2, -0.15) is 0 Å². The lowest BCUT2D eigenvalue weighted by Crippen LogP contribution is -2.22. The molecule has 9 heteroatoms. The summed E-state index contributed by atoms with van der Waals surface area (Å²) in [5, 5.41) is 0. The molecule has 0 unspecified atom stereocenters. The Bertz CT molecular complexity index is 881. The molecule has 0 spiro atoms. The highest BCUT2D eigenvalue weighted by molar-refractivity contribution is 5.69. The van der Waals surface area contributed by atoms with Crippen molar-refractivity contribution in [2.45, 2.75) is 13.3 Å². The van der Waals surface area contributed by atoms with Crippen LogP contribution in [0.2, 0.25) is 0 Å². The van der Waals surface area contributed by atoms with Crippen molar-refractivity contribution >= 4 is 11.2 Å². The molecule has 114 valence electrons. The highest BCUT2D eigenvalue weighted by atomic mass is 19.4. The van der Waals surface area contributed by atoms with E-state index in [2.05, 4.69) is 19.7 Å². The third-order valence-corrected chi connectivity index (χ3v) is 2.95. The largest absolute Gasteiger partial charge is 0.573 e. The van der Waals surface area contributed by atoms with Crippen LogP contribution in [0.25, 0.3) is 16.9 Å². The summed E-state index contributed by atoms with van der Waals surface area (Å²) in [4.78, 5) is 23.2. The van der Waals surface area contributed by atoms with Crippen LogP contribution in [-0.4, -0.2) is 25.9 Å². The number of rotatable bonds is 2. The maximum Gasteiger partial charge on any atom is 0.573 e. The normalized spacial score (nSPS) is 11.8. The lowest BCUT2D eigenvalue weighted by Gasteiger charge is -2.11. The first-order valence-corrected chi connectivity index (χ1v) is 6.14. The molecule has 0 atom stereocenters. The summed E-state index contributed by atoms with van der Waals surface area (Å²) in [6.45, 7) is 1.61. The van der Waals surface area contributed by atoms with Gasteiger partial charge in [0.2, 0.25) is 0 Å². The zero-order chi connectivity index (χ0) is 15.9. The number of H-pyrrole nitrogens is 1. The van der Waals surface area contributed by atoms with Gasteiger partial charge >= 0.3 is 6.36 Å². The van der Waals surface area contributed by atoms with Crippen molar-refractivity contribution in [3.8, 4) is 11.4 Å². The fourth-order valence-electron chi connectivity index (χ4n) is 2.09. The Morgan fingerprint density at radius 1 is 1.23 bits per heavy atom. The lowest BCUT2D eigenvalue weighted by atomic mass is 10.3. The summed E-state index contributed by atoms with van der Waals surface area (Å²) in [5.74, 6) is 0.0157. The number of imidazole rings is 1. The maximum atomic E-state index is 12.4. The lowest BCUT2D eigenvalue weighted by molar-refractivity contribution is -0.274. The minimum Gasteiger partial charge on any atom is -0.406 e. The van der Waals surface area contributed by atoms with Crippen LogP contribution in [0.4, 0.5) is 13.2 Å². The first-order valence-electron chi connectivity index (χ1n) is 6.14. The van der Waals surface area contributed by atoms with E-state index in [1.165, 1.54) is 23.0 Å². The maximum absolute atomic E-state index is 12.4. The van der Waals surface area contributed by atoms with E-state index in [1.807, 2.05) is 0 Å². The van der Waals surface area contributed by atoms with Crippen LogP contribution in [0, 0.1) is 6.92 Å². The predicted octanol–water partition coefficient (Wildman–Crippen LogP) is 2.32. The number of nitrogens with zero attached hydrogens (tertiary/aromatic N) is 3. The number of nitrogens with one attached hydrogen (secondary N) is 1. The Balaban J connectivity index is 2.06. The molecule has 2 aromatic heterocycles. The molecule has 0 saturated carbocycles. The summed E-state index contributed by atoms with van der Waals surface area (Å²) >= 11 is 0. The van der Waals surface area contributed by atoms with E-state index in [-0.39, 0.29) is 11.3 Å². The molecule has 0 fully saturated rings. The van der Waals surface area contributed by atoms with Crippen molar-refractivity contribution in [3.63, 3.8) is 0 Å². The van der Waals surface area contributed by atoms with Gasteiger partial charge in [-0.15, -0.1) is 13.2 Å². The molecule has 0 aliphatic carbocycles. The quantitative estimate of drug-likeness (QED) is 0.788. The van der Waals surface area contributed by atoms with Crippen LogP contribution in [0.5, 0.6) is 5.75 Å². The van der Waals surface area contributed by atoms with Crippen LogP contribution in [0.3, 0.4) is 0 Å². The van der Waals surface area contributed by atoms with Crippen molar-refractivity contribution in [3.05, 3.63) is 46.8 Å². The van der Waals surface area contributed by atoms with Crippen LogP contribution >= 0.6 is 0 Å². The molecule has 22 heavy (non-hydrogen) atoms. The highest BCUT2D eigenvalue weighted by Crippen LogP contribution is 2.23. The molecule has 0 saturated heterocycles. The summed E-state index contributed by atoms with van der Waals surface area (Å²) in [6.07, 6.45) is -3.41. The second-order valence-corrected chi connectivity index (χ2v) is 4.44. The van der Waals surface area contributed by atoms with Gasteiger partial charge in [0, 0.05) is 0 Å². The second kappa shape index (κ2) is 4.86. The van der Waals surface area contributed by atoms with Crippen LogP contribution in [-0.2, 0) is 0 Å². The van der Waals surface area contributed by atoms with E-state index in [1.54, 1.807) is 6.92 Å². The van der Waals surface area contributed by atoms with E-state index >= 15 is 0 Å². The third-order valence-electron chi connectivity index (χ3n) is 2.95. The number of aromatic nitrogens is 4. The molecule has 0 amide bonds. The van der Waals surface area contributed by atoms with E-state index in [4.69, 9.17) is 0 Å². The number of fused-ring (bicyclic) bond motifs is 1. The topological polar surface area (TPSA) is 72.8 Å². The molecular formula is C13H9F3N4O2. The molecule has 3 rings (SSSR count). The van der Waals surface area contributed by atoms with E-state index in [9.17, 15) is 18.0 Å². The molecular weight excluding hydrogens is 301 g/mol. The smallest absolute Gasteiger partial charge is 0.406 e. The minimum absolute atomic E-state index is 0.154. The summed E-state index contributed by atoms with van der Waals surface area (Å²) in [5.41, 5.74) is 0.472. The fourth-order valence-corrected chi connectivity index (χ4v) is 2.09. The highest BCUT2D eigenvalue weighted by Gasteiger charge is 2.31. The molecule has 1 N–H and O–H groups in total. The molecule has 1 aromatic carbocycles. The van der Waals surface area contributed by atoms with Gasteiger partial charge in [0.05, 0.1) is 12.0 Å². The number of benzene rings is 1. The summed E-state index contributed by atoms with van der Waals surface area (Å²) in [6, 6.07) is 4.94. The first-order chi connectivity index (χ1) is 10.3. The first kappa shape index (κ1) is 14.1. The van der Waals surface area contributed by atoms with E-state index < -0.39 is 11.9 Å². The number of halogens is 3. The SMILES string of the molecule is Cc1nc2[nH]cnc2c(=O)n1-c1ccc(OC(F)(F)F)cc1. The van der Waals surface area contributed by atoms with Gasteiger partial charge in [-0.05, 0) is 31.2 Å². The number of hydrogen-bond acceptors (Lipinski definition) is 4. The average molecular weight is 310 g/mol. The zero-order valence-electron chi connectivity index (χ0n) is 11.2. The van der Waals surface area contributed by atoms with Gasteiger partial charge in [0.1, 0.15) is 11.6 Å². The van der Waals surface area contributed by atoms with Crippen molar-refractivity contribution in [2.75, 3.05) is 0 Å². The minimum atomic E-state index is -4.76. The van der Waals surface area contributed by atoms with Crippen LogP contribution in [0.1, 0.15) is 5.82 Å². The third kappa shape index (κ3) is 2.52.